The minimum atomic E-state index is -0.271. The summed E-state index contributed by atoms with van der Waals surface area (Å²) in [5.41, 5.74) is 4.81. The van der Waals surface area contributed by atoms with Gasteiger partial charge in [0.15, 0.2) is 10.8 Å². The molecule has 0 radical (unpaired) electrons. The molecular weight excluding hydrogens is 804 g/mol. The lowest BCUT2D eigenvalue weighted by molar-refractivity contribution is 0.102. The number of aryl methyl sites for hydroxylation is 2. The third-order valence-electron chi connectivity index (χ3n) is 8.84. The number of nitrogens with zero attached hydrogens (tertiary/aromatic N) is 6. The normalized spacial score (nSPS) is 10.9. The van der Waals surface area contributed by atoms with Gasteiger partial charge in [0.25, 0.3) is 11.8 Å². The maximum absolute atomic E-state index is 13.2. The Morgan fingerprint density at radius 3 is 1.81 bits per heavy atom. The van der Waals surface area contributed by atoms with Crippen LogP contribution in [0, 0.1) is 6.92 Å². The Bertz CT molecular complexity index is 2920. The zero-order chi connectivity index (χ0) is 40.7. The molecule has 2 amide bonds. The number of ether oxygens (including phenoxy) is 1. The fourth-order valence-corrected chi connectivity index (χ4v) is 7.44. The molecule has 9 aromatic rings. The van der Waals surface area contributed by atoms with Gasteiger partial charge < -0.3 is 9.15 Å². The van der Waals surface area contributed by atoms with Gasteiger partial charge in [0, 0.05) is 21.4 Å². The van der Waals surface area contributed by atoms with E-state index < -0.39 is 0 Å². The van der Waals surface area contributed by atoms with Crippen LogP contribution in [0.15, 0.2) is 132 Å². The fourth-order valence-electron chi connectivity index (χ4n) is 6.00. The van der Waals surface area contributed by atoms with Crippen LogP contribution in [0.25, 0.3) is 44.5 Å². The van der Waals surface area contributed by atoms with Gasteiger partial charge in [0.05, 0.1) is 27.9 Å². The lowest BCUT2D eigenvalue weighted by Gasteiger charge is -2.09. The third-order valence-corrected chi connectivity index (χ3v) is 10.9. The molecule has 292 valence electrons. The Morgan fingerprint density at radius 1 is 0.661 bits per heavy atom. The number of amides is 2. The average molecular weight is 837 g/mol. The smallest absolute Gasteiger partial charge is 0.258 e. The van der Waals surface area contributed by atoms with Gasteiger partial charge in [-0.1, -0.05) is 108 Å². The summed E-state index contributed by atoms with van der Waals surface area (Å²) in [5.74, 6) is 1.59. The predicted octanol–water partition coefficient (Wildman–Crippen LogP) is 10.7. The minimum absolute atomic E-state index is 0.242. The molecular formula is C44H33ClN8O4S2. The Kier molecular flexibility index (Phi) is 11.7. The molecule has 0 spiro atoms. The van der Waals surface area contributed by atoms with Crippen molar-refractivity contribution < 1.29 is 18.7 Å². The average Bonchev–Trinajstić information content (AvgIpc) is 4.04. The van der Waals surface area contributed by atoms with Gasteiger partial charge in [-0.3, -0.25) is 20.2 Å². The number of carbonyl (C=O) groups excluding carboxylic acids is 2. The molecule has 4 aromatic carbocycles. The number of anilines is 2. The van der Waals surface area contributed by atoms with Gasteiger partial charge in [-0.15, -0.1) is 20.4 Å². The lowest BCUT2D eigenvalue weighted by atomic mass is 10.0. The minimum Gasteiger partial charge on any atom is -0.486 e. The first-order valence-electron chi connectivity index (χ1n) is 18.4. The first kappa shape index (κ1) is 39.0. The summed E-state index contributed by atoms with van der Waals surface area (Å²) in [6.45, 7) is 4.12. The van der Waals surface area contributed by atoms with Crippen molar-refractivity contribution in [3.8, 4) is 28.5 Å². The lowest BCUT2D eigenvalue weighted by Crippen LogP contribution is -2.13. The molecule has 59 heavy (non-hydrogen) atoms. The molecule has 12 nitrogen and oxygen atoms in total. The van der Waals surface area contributed by atoms with E-state index in [9.17, 15) is 9.59 Å². The second kappa shape index (κ2) is 17.7. The first-order chi connectivity index (χ1) is 28.8. The molecule has 0 unspecified atom stereocenters. The molecule has 0 aliphatic heterocycles. The molecule has 9 rings (SSSR count). The number of hydrogen-bond donors (Lipinski definition) is 2. The van der Waals surface area contributed by atoms with Gasteiger partial charge >= 0.3 is 0 Å². The monoisotopic (exact) mass is 836 g/mol. The molecule has 5 aromatic heterocycles. The summed E-state index contributed by atoms with van der Waals surface area (Å²) in [6.07, 6.45) is 0.785. The summed E-state index contributed by atoms with van der Waals surface area (Å²) in [6, 6.07) is 39.3. The van der Waals surface area contributed by atoms with Crippen molar-refractivity contribution in [3.05, 3.63) is 159 Å². The predicted molar refractivity (Wildman–Crippen MR) is 232 cm³/mol. The molecule has 15 heteroatoms. The van der Waals surface area contributed by atoms with E-state index in [1.54, 1.807) is 36.4 Å². The van der Waals surface area contributed by atoms with Gasteiger partial charge in [-0.05, 0) is 74.0 Å². The van der Waals surface area contributed by atoms with E-state index in [1.165, 1.54) is 22.7 Å². The van der Waals surface area contributed by atoms with E-state index in [1.807, 2.05) is 105 Å². The van der Waals surface area contributed by atoms with Crippen molar-refractivity contribution in [2.45, 2.75) is 26.9 Å². The number of halogens is 1. The van der Waals surface area contributed by atoms with Crippen LogP contribution >= 0.6 is 34.3 Å². The highest BCUT2D eigenvalue weighted by Gasteiger charge is 2.18. The van der Waals surface area contributed by atoms with Crippen molar-refractivity contribution in [1.29, 1.82) is 0 Å². The van der Waals surface area contributed by atoms with E-state index in [4.69, 9.17) is 25.7 Å². The standard InChI is InChI=1S/C25H17ClN4O2S.C19H16N4O2S/c26-17-10-12-18(13-11-17)32-15-23-29-30-25(33-23)28-24(31)20-14-22(16-6-2-1-3-7-16)27-21-9-5-4-8-19(20)21;1-3-17-22-23-19(26-17)21-18(24)13-10-15(16-9-8-11(2)25-16)20-14-7-5-4-6-12(13)14/h1-14H,15H2,(H,28,30,31);4-10H,3H2,1-2H3,(H,21,23,24). The Labute approximate surface area is 351 Å². The SMILES string of the molecule is CCc1nnc(NC(=O)c2cc(-c3ccc(C)o3)nc3ccccc23)s1.O=C(Nc1nnc(COc2ccc(Cl)cc2)s1)c1cc(-c2ccccc2)nc2ccccc12. The number of rotatable bonds is 10. The highest BCUT2D eigenvalue weighted by molar-refractivity contribution is 7.15. The van der Waals surface area contributed by atoms with Crippen LogP contribution in [0.3, 0.4) is 0 Å². The number of fused-ring (bicyclic) bond motifs is 2. The molecule has 0 aliphatic rings. The summed E-state index contributed by atoms with van der Waals surface area (Å²) in [5, 5.41) is 26.6. The Morgan fingerprint density at radius 2 is 1.22 bits per heavy atom. The van der Waals surface area contributed by atoms with Crippen molar-refractivity contribution in [2.24, 2.45) is 0 Å². The number of pyridine rings is 2. The van der Waals surface area contributed by atoms with Crippen LogP contribution in [0.4, 0.5) is 10.3 Å². The summed E-state index contributed by atoms with van der Waals surface area (Å²) in [7, 11) is 0. The number of carbonyl (C=O) groups is 2. The number of aromatic nitrogens is 6. The van der Waals surface area contributed by atoms with E-state index in [0.29, 0.717) is 48.6 Å². The Balaban J connectivity index is 0.000000169. The fraction of sp³-hybridized carbons (Fsp3) is 0.0909. The van der Waals surface area contributed by atoms with Crippen molar-refractivity contribution in [3.63, 3.8) is 0 Å². The molecule has 0 bridgehead atoms. The van der Waals surface area contributed by atoms with E-state index >= 15 is 0 Å². The number of nitrogens with one attached hydrogen (secondary N) is 2. The van der Waals surface area contributed by atoms with Crippen LogP contribution < -0.4 is 15.4 Å². The second-order valence-electron chi connectivity index (χ2n) is 12.9. The molecule has 0 saturated carbocycles. The quantitative estimate of drug-likeness (QED) is 0.136. The highest BCUT2D eigenvalue weighted by Crippen LogP contribution is 2.29. The van der Waals surface area contributed by atoms with Crippen LogP contribution in [0.5, 0.6) is 5.75 Å². The van der Waals surface area contributed by atoms with E-state index in [2.05, 4.69) is 36.0 Å². The van der Waals surface area contributed by atoms with Crippen molar-refractivity contribution in [2.75, 3.05) is 10.6 Å². The van der Waals surface area contributed by atoms with Crippen LogP contribution in [0.2, 0.25) is 5.02 Å². The zero-order valence-corrected chi connectivity index (χ0v) is 33.9. The molecule has 0 fully saturated rings. The number of benzene rings is 4. The maximum Gasteiger partial charge on any atom is 0.258 e. The maximum atomic E-state index is 13.2. The van der Waals surface area contributed by atoms with Crippen LogP contribution in [0.1, 0.15) is 43.4 Å². The second-order valence-corrected chi connectivity index (χ2v) is 15.5. The zero-order valence-electron chi connectivity index (χ0n) is 31.5. The Hall–Kier alpha value is -6.87. The van der Waals surface area contributed by atoms with Gasteiger partial charge in [0.1, 0.15) is 28.8 Å². The van der Waals surface area contributed by atoms with Crippen LogP contribution in [-0.4, -0.2) is 42.2 Å². The summed E-state index contributed by atoms with van der Waals surface area (Å²) in [4.78, 5) is 35.4. The first-order valence-corrected chi connectivity index (χ1v) is 20.4. The van der Waals surface area contributed by atoms with Crippen LogP contribution in [-0.2, 0) is 13.0 Å². The topological polar surface area (TPSA) is 158 Å². The van der Waals surface area contributed by atoms with Crippen molar-refractivity contribution in [1.82, 2.24) is 30.4 Å². The number of furan rings is 1. The number of hydrogen-bond acceptors (Lipinski definition) is 12. The molecule has 0 saturated heterocycles. The largest absolute Gasteiger partial charge is 0.486 e. The molecule has 5 heterocycles. The van der Waals surface area contributed by atoms with Crippen molar-refractivity contribution >= 4 is 78.2 Å². The molecule has 2 N–H and O–H groups in total. The van der Waals surface area contributed by atoms with Gasteiger partial charge in [0.2, 0.25) is 10.3 Å². The molecule has 0 aliphatic carbocycles. The van der Waals surface area contributed by atoms with Gasteiger partial charge in [-0.2, -0.15) is 0 Å². The van der Waals surface area contributed by atoms with Gasteiger partial charge in [-0.25, -0.2) is 9.97 Å². The third kappa shape index (κ3) is 9.31. The van der Waals surface area contributed by atoms with E-state index in [0.717, 1.165) is 50.3 Å². The summed E-state index contributed by atoms with van der Waals surface area (Å²) >= 11 is 8.53. The number of para-hydroxylation sites is 2. The highest BCUT2D eigenvalue weighted by atomic mass is 35.5. The molecule has 0 atom stereocenters. The van der Waals surface area contributed by atoms with E-state index in [-0.39, 0.29) is 18.4 Å². The summed E-state index contributed by atoms with van der Waals surface area (Å²) < 4.78 is 11.4.